The zero-order valence-corrected chi connectivity index (χ0v) is 11.7. The van der Waals surface area contributed by atoms with Crippen LogP contribution in [-0.4, -0.2) is 14.2 Å². The highest BCUT2D eigenvalue weighted by atomic mass is 32.1. The van der Waals surface area contributed by atoms with Gasteiger partial charge in [-0.25, -0.2) is 0 Å². The average Bonchev–Trinajstić information content (AvgIpc) is 2.48. The van der Waals surface area contributed by atoms with Crippen LogP contribution < -0.4 is 14.8 Å². The van der Waals surface area contributed by atoms with Gasteiger partial charge < -0.3 is 14.8 Å². The molecule has 0 aliphatic heterocycles. The van der Waals surface area contributed by atoms with Crippen LogP contribution in [0.3, 0.4) is 0 Å². The summed E-state index contributed by atoms with van der Waals surface area (Å²) >= 11 is 4.25. The monoisotopic (exact) mass is 286 g/mol. The largest absolute Gasteiger partial charge is 0.493 e. The molecule has 1 rings (SSSR count). The van der Waals surface area contributed by atoms with E-state index in [4.69, 9.17) is 25.3 Å². The van der Waals surface area contributed by atoms with Gasteiger partial charge in [-0.2, -0.15) is 15.8 Å². The molecule has 0 aliphatic carbocycles. The van der Waals surface area contributed by atoms with Crippen molar-refractivity contribution in [3.8, 4) is 29.7 Å². The van der Waals surface area contributed by atoms with Gasteiger partial charge in [-0.05, 0) is 6.07 Å². The van der Waals surface area contributed by atoms with E-state index in [1.54, 1.807) is 30.3 Å². The summed E-state index contributed by atoms with van der Waals surface area (Å²) in [6.07, 6.45) is 0. The maximum Gasteiger partial charge on any atom is 0.163 e. The first-order chi connectivity index (χ1) is 9.60. The summed E-state index contributed by atoms with van der Waals surface area (Å²) in [6, 6.07) is 8.21. The van der Waals surface area contributed by atoms with Gasteiger partial charge in [0.05, 0.1) is 19.9 Å². The molecule has 0 aliphatic rings. The predicted octanol–water partition coefficient (Wildman–Crippen LogP) is 2.23. The second-order valence-corrected chi connectivity index (χ2v) is 3.92. The minimum Gasteiger partial charge on any atom is -0.493 e. The molecule has 20 heavy (non-hydrogen) atoms. The number of benzene rings is 1. The number of thiol groups is 1. The van der Waals surface area contributed by atoms with E-state index in [0.717, 1.165) is 0 Å². The Kier molecular flexibility index (Phi) is 5.29. The van der Waals surface area contributed by atoms with Gasteiger partial charge in [0.25, 0.3) is 0 Å². The molecule has 0 unspecified atom stereocenters. The second kappa shape index (κ2) is 6.94. The van der Waals surface area contributed by atoms with Crippen molar-refractivity contribution in [3.63, 3.8) is 0 Å². The van der Waals surface area contributed by atoms with Crippen LogP contribution in [0.1, 0.15) is 0 Å². The number of rotatable bonds is 4. The van der Waals surface area contributed by atoms with Crippen LogP contribution in [0, 0.1) is 34.0 Å². The highest BCUT2D eigenvalue weighted by Gasteiger charge is 2.12. The number of anilines is 1. The number of nitriles is 3. The Bertz CT molecular complexity index is 661. The molecule has 1 aromatic rings. The first kappa shape index (κ1) is 15.2. The highest BCUT2D eigenvalue weighted by Crippen LogP contribution is 2.35. The van der Waals surface area contributed by atoms with Crippen LogP contribution in [0.15, 0.2) is 28.3 Å². The molecule has 0 aromatic heterocycles. The van der Waals surface area contributed by atoms with E-state index in [0.29, 0.717) is 22.1 Å². The lowest BCUT2D eigenvalue weighted by Gasteiger charge is -2.13. The number of methoxy groups -OCH3 is 2. The van der Waals surface area contributed by atoms with Crippen LogP contribution in [0.4, 0.5) is 5.69 Å². The molecule has 0 radical (unpaired) electrons. The molecule has 1 N–H and O–H groups in total. The van der Waals surface area contributed by atoms with Crippen LogP contribution in [0.25, 0.3) is 0 Å². The molecular formula is C13H10N4O2S. The summed E-state index contributed by atoms with van der Waals surface area (Å²) in [5.74, 6) is 0.909. The number of nitrogens with one attached hydrogen (secondary N) is 1. The van der Waals surface area contributed by atoms with Gasteiger partial charge in [0.15, 0.2) is 17.1 Å². The van der Waals surface area contributed by atoms with E-state index in [-0.39, 0.29) is 11.3 Å². The summed E-state index contributed by atoms with van der Waals surface area (Å²) in [6.45, 7) is 0. The topological polar surface area (TPSA) is 102 Å². The highest BCUT2D eigenvalue weighted by molar-refractivity contribution is 7.80. The lowest BCUT2D eigenvalue weighted by atomic mass is 10.2. The first-order valence-corrected chi connectivity index (χ1v) is 5.72. The van der Waals surface area contributed by atoms with Crippen molar-refractivity contribution in [2.75, 3.05) is 19.5 Å². The molecular weight excluding hydrogens is 276 g/mol. The summed E-state index contributed by atoms with van der Waals surface area (Å²) in [7, 11) is 2.96. The lowest BCUT2D eigenvalue weighted by Crippen LogP contribution is -2.02. The van der Waals surface area contributed by atoms with Crippen molar-refractivity contribution >= 4 is 18.3 Å². The van der Waals surface area contributed by atoms with Gasteiger partial charge >= 0.3 is 0 Å². The molecule has 6 nitrogen and oxygen atoms in total. The van der Waals surface area contributed by atoms with Gasteiger partial charge in [0, 0.05) is 11.0 Å². The molecule has 0 heterocycles. The van der Waals surface area contributed by atoms with E-state index in [2.05, 4.69) is 17.9 Å². The maximum atomic E-state index is 8.98. The molecule has 100 valence electrons. The van der Waals surface area contributed by atoms with Crippen LogP contribution >= 0.6 is 12.6 Å². The summed E-state index contributed by atoms with van der Waals surface area (Å²) in [5, 5.41) is 29.2. The van der Waals surface area contributed by atoms with Crippen LogP contribution in [0.5, 0.6) is 11.5 Å². The number of hydrogen-bond donors (Lipinski definition) is 2. The summed E-state index contributed by atoms with van der Waals surface area (Å²) in [4.78, 5) is 0.477. The Morgan fingerprint density at radius 2 is 1.60 bits per heavy atom. The van der Waals surface area contributed by atoms with Crippen molar-refractivity contribution in [3.05, 3.63) is 23.4 Å². The average molecular weight is 286 g/mol. The summed E-state index contributed by atoms with van der Waals surface area (Å²) in [5.41, 5.74) is -0.0435. The van der Waals surface area contributed by atoms with Crippen molar-refractivity contribution in [2.45, 2.75) is 4.90 Å². The van der Waals surface area contributed by atoms with Crippen molar-refractivity contribution in [1.29, 1.82) is 15.8 Å². The van der Waals surface area contributed by atoms with Crippen LogP contribution in [0.2, 0.25) is 0 Å². The molecule has 0 bridgehead atoms. The second-order valence-electron chi connectivity index (χ2n) is 3.43. The first-order valence-electron chi connectivity index (χ1n) is 5.27. The van der Waals surface area contributed by atoms with Crippen LogP contribution in [-0.2, 0) is 0 Å². The Morgan fingerprint density at radius 1 is 1.05 bits per heavy atom. The molecule has 0 saturated heterocycles. The van der Waals surface area contributed by atoms with E-state index < -0.39 is 0 Å². The lowest BCUT2D eigenvalue weighted by molar-refractivity contribution is 0.354. The van der Waals surface area contributed by atoms with Gasteiger partial charge in [-0.15, -0.1) is 12.6 Å². The fraction of sp³-hybridized carbons (Fsp3) is 0.154. The van der Waals surface area contributed by atoms with Gasteiger partial charge in [0.2, 0.25) is 0 Å². The molecule has 0 saturated carbocycles. The minimum absolute atomic E-state index is 0.155. The smallest absolute Gasteiger partial charge is 0.163 e. The van der Waals surface area contributed by atoms with E-state index in [1.807, 2.05) is 0 Å². The molecule has 0 amide bonds. The van der Waals surface area contributed by atoms with Crippen molar-refractivity contribution < 1.29 is 9.47 Å². The van der Waals surface area contributed by atoms with Crippen molar-refractivity contribution in [1.82, 2.24) is 0 Å². The zero-order chi connectivity index (χ0) is 15.1. The third-order valence-corrected chi connectivity index (χ3v) is 2.72. The Morgan fingerprint density at radius 3 is 2.05 bits per heavy atom. The van der Waals surface area contributed by atoms with E-state index in [9.17, 15) is 0 Å². The molecule has 7 heteroatoms. The molecule has 1 aromatic carbocycles. The zero-order valence-electron chi connectivity index (χ0n) is 10.8. The Balaban J connectivity index is 3.30. The molecule has 0 spiro atoms. The molecule has 0 fully saturated rings. The number of hydrogen-bond acceptors (Lipinski definition) is 7. The van der Waals surface area contributed by atoms with Gasteiger partial charge in [0.1, 0.15) is 23.9 Å². The predicted molar refractivity (Wildman–Crippen MR) is 74.3 cm³/mol. The SMILES string of the molecule is COc1cc(S)c(NC(C#N)=C(C#N)C#N)cc1OC. The Labute approximate surface area is 121 Å². The third-order valence-electron chi connectivity index (χ3n) is 2.35. The van der Waals surface area contributed by atoms with Gasteiger partial charge in [-0.3, -0.25) is 0 Å². The maximum absolute atomic E-state index is 8.98. The fourth-order valence-corrected chi connectivity index (χ4v) is 1.62. The molecule has 0 atom stereocenters. The number of ether oxygens (including phenoxy) is 2. The summed E-state index contributed by atoms with van der Waals surface area (Å²) < 4.78 is 10.2. The number of allylic oxidation sites excluding steroid dienone is 2. The van der Waals surface area contributed by atoms with Gasteiger partial charge in [-0.1, -0.05) is 0 Å². The normalized spacial score (nSPS) is 8.60. The quantitative estimate of drug-likeness (QED) is 0.650. The minimum atomic E-state index is -0.310. The van der Waals surface area contributed by atoms with Crippen molar-refractivity contribution in [2.24, 2.45) is 0 Å². The van der Waals surface area contributed by atoms with E-state index >= 15 is 0 Å². The number of nitrogens with zero attached hydrogens (tertiary/aromatic N) is 3. The fourth-order valence-electron chi connectivity index (χ4n) is 1.39. The Hall–Kier alpha value is -2.82. The third kappa shape index (κ3) is 3.14. The van der Waals surface area contributed by atoms with E-state index in [1.165, 1.54) is 14.2 Å². The standard InChI is InChI=1S/C13H10N4O2S/c1-18-11-3-9(13(20)4-12(11)19-2)17-10(7-16)8(5-14)6-15/h3-4,17,20H,1-2H3.